The van der Waals surface area contributed by atoms with Crippen LogP contribution in [0.4, 0.5) is 0 Å². The van der Waals surface area contributed by atoms with E-state index in [2.05, 4.69) is 15.9 Å². The Morgan fingerprint density at radius 2 is 1.84 bits per heavy atom. The summed E-state index contributed by atoms with van der Waals surface area (Å²) in [5.74, 6) is 0. The summed E-state index contributed by atoms with van der Waals surface area (Å²) < 4.78 is 23.8. The maximum Gasteiger partial charge on any atom is 0.175 e. The van der Waals surface area contributed by atoms with Crippen molar-refractivity contribution >= 4 is 37.1 Å². The summed E-state index contributed by atoms with van der Waals surface area (Å²) in [6.07, 6.45) is 1.20. The number of halogens is 1. The molecular formula is C13H14BrNO2S2. The second kappa shape index (κ2) is 5.36. The fraction of sp³-hybridized carbons (Fsp3) is 0.231. The molecule has 2 N–H and O–H groups in total. The number of sulfone groups is 1. The van der Waals surface area contributed by atoms with Crippen LogP contribution in [0, 0.1) is 6.92 Å². The standard InChI is InChI=1S/C13H14BrNO2S2/c1-8-11(14)7-12(18-8)13(15)9-3-5-10(6-4-9)19(2,16)17/h3-7,13H,15H2,1-2H3. The fourth-order valence-corrected chi connectivity index (χ4v) is 3.94. The van der Waals surface area contributed by atoms with Crippen LogP contribution in [0.15, 0.2) is 39.7 Å². The molecule has 0 fully saturated rings. The molecule has 6 heteroatoms. The maximum atomic E-state index is 11.4. The van der Waals surface area contributed by atoms with Crippen molar-refractivity contribution in [2.75, 3.05) is 6.26 Å². The Kier molecular flexibility index (Phi) is 4.15. The number of aryl methyl sites for hydroxylation is 1. The first-order valence-electron chi connectivity index (χ1n) is 5.60. The van der Waals surface area contributed by atoms with Crippen LogP contribution in [0.5, 0.6) is 0 Å². The smallest absolute Gasteiger partial charge is 0.175 e. The number of hydrogen-bond acceptors (Lipinski definition) is 4. The molecule has 0 amide bonds. The predicted molar refractivity (Wildman–Crippen MR) is 82.3 cm³/mol. The van der Waals surface area contributed by atoms with Crippen LogP contribution in [0.1, 0.15) is 21.4 Å². The molecule has 1 unspecified atom stereocenters. The van der Waals surface area contributed by atoms with Crippen molar-refractivity contribution in [2.24, 2.45) is 5.73 Å². The van der Waals surface area contributed by atoms with Gasteiger partial charge in [0.25, 0.3) is 0 Å². The van der Waals surface area contributed by atoms with Gasteiger partial charge >= 0.3 is 0 Å². The largest absolute Gasteiger partial charge is 0.320 e. The highest BCUT2D eigenvalue weighted by Crippen LogP contribution is 2.32. The van der Waals surface area contributed by atoms with E-state index in [1.54, 1.807) is 35.6 Å². The van der Waals surface area contributed by atoms with Crippen molar-refractivity contribution in [3.8, 4) is 0 Å². The van der Waals surface area contributed by atoms with Crippen molar-refractivity contribution in [1.82, 2.24) is 0 Å². The normalized spacial score (nSPS) is 13.5. The molecule has 1 heterocycles. The van der Waals surface area contributed by atoms with Crippen LogP contribution < -0.4 is 5.73 Å². The molecule has 0 saturated heterocycles. The summed E-state index contributed by atoms with van der Waals surface area (Å²) in [6, 6.07) is 8.51. The first-order valence-corrected chi connectivity index (χ1v) is 9.10. The van der Waals surface area contributed by atoms with Gasteiger partial charge in [-0.25, -0.2) is 8.42 Å². The van der Waals surface area contributed by atoms with Gasteiger partial charge in [0.05, 0.1) is 10.9 Å². The van der Waals surface area contributed by atoms with Gasteiger partial charge in [-0.15, -0.1) is 11.3 Å². The van der Waals surface area contributed by atoms with E-state index in [4.69, 9.17) is 5.73 Å². The summed E-state index contributed by atoms with van der Waals surface area (Å²) in [4.78, 5) is 2.54. The highest BCUT2D eigenvalue weighted by atomic mass is 79.9. The van der Waals surface area contributed by atoms with Gasteiger partial charge in [-0.05, 0) is 46.6 Å². The number of thiophene rings is 1. The summed E-state index contributed by atoms with van der Waals surface area (Å²) >= 11 is 5.11. The predicted octanol–water partition coefficient (Wildman–Crippen LogP) is 3.27. The minimum atomic E-state index is -3.16. The lowest BCUT2D eigenvalue weighted by atomic mass is 10.1. The average Bonchev–Trinajstić information content (AvgIpc) is 2.68. The lowest BCUT2D eigenvalue weighted by Crippen LogP contribution is -2.10. The SMILES string of the molecule is Cc1sc(C(N)c2ccc(S(C)(=O)=O)cc2)cc1Br. The van der Waals surface area contributed by atoms with E-state index in [-0.39, 0.29) is 6.04 Å². The Morgan fingerprint density at radius 1 is 1.26 bits per heavy atom. The highest BCUT2D eigenvalue weighted by molar-refractivity contribution is 9.10. The summed E-state index contributed by atoms with van der Waals surface area (Å²) in [5, 5.41) is 0. The van der Waals surface area contributed by atoms with E-state index in [1.165, 1.54) is 11.1 Å². The molecule has 0 saturated carbocycles. The van der Waals surface area contributed by atoms with Crippen LogP contribution in [0.25, 0.3) is 0 Å². The molecule has 0 aliphatic carbocycles. The Morgan fingerprint density at radius 3 is 2.26 bits per heavy atom. The summed E-state index contributed by atoms with van der Waals surface area (Å²) in [5.41, 5.74) is 7.10. The van der Waals surface area contributed by atoms with Crippen LogP contribution in [0.3, 0.4) is 0 Å². The van der Waals surface area contributed by atoms with Crippen molar-refractivity contribution < 1.29 is 8.42 Å². The van der Waals surface area contributed by atoms with Gasteiger partial charge in [0.2, 0.25) is 0 Å². The second-order valence-corrected chi connectivity index (χ2v) is 8.53. The van der Waals surface area contributed by atoms with Gasteiger partial charge in [-0.3, -0.25) is 0 Å². The van der Waals surface area contributed by atoms with Gasteiger partial charge in [-0.2, -0.15) is 0 Å². The van der Waals surface area contributed by atoms with Gasteiger partial charge in [0.1, 0.15) is 0 Å². The van der Waals surface area contributed by atoms with E-state index in [1.807, 2.05) is 13.0 Å². The van der Waals surface area contributed by atoms with Gasteiger partial charge in [-0.1, -0.05) is 12.1 Å². The molecule has 0 spiro atoms. The molecule has 1 aromatic carbocycles. The third kappa shape index (κ3) is 3.25. The van der Waals surface area contributed by atoms with E-state index in [0.717, 1.165) is 14.9 Å². The molecule has 1 atom stereocenters. The van der Waals surface area contributed by atoms with Crippen molar-refractivity contribution in [3.05, 3.63) is 50.1 Å². The third-order valence-corrected chi connectivity index (χ3v) is 6.20. The molecular weight excluding hydrogens is 346 g/mol. The van der Waals surface area contributed by atoms with E-state index >= 15 is 0 Å². The van der Waals surface area contributed by atoms with Gasteiger partial charge in [0, 0.05) is 20.5 Å². The van der Waals surface area contributed by atoms with Gasteiger partial charge in [0.15, 0.2) is 9.84 Å². The molecule has 102 valence electrons. The number of benzene rings is 1. The van der Waals surface area contributed by atoms with E-state index in [9.17, 15) is 8.42 Å². The lowest BCUT2D eigenvalue weighted by molar-refractivity contribution is 0.602. The molecule has 2 rings (SSSR count). The van der Waals surface area contributed by atoms with Gasteiger partial charge < -0.3 is 5.73 Å². The Bertz CT molecular complexity index is 670. The van der Waals surface area contributed by atoms with Crippen molar-refractivity contribution in [2.45, 2.75) is 17.9 Å². The molecule has 0 aliphatic rings. The quantitative estimate of drug-likeness (QED) is 0.914. The first kappa shape index (κ1) is 14.7. The molecule has 19 heavy (non-hydrogen) atoms. The molecule has 1 aromatic heterocycles. The van der Waals surface area contributed by atoms with E-state index in [0.29, 0.717) is 4.90 Å². The maximum absolute atomic E-state index is 11.4. The van der Waals surface area contributed by atoms with E-state index < -0.39 is 9.84 Å². The van der Waals surface area contributed by atoms with Crippen molar-refractivity contribution in [1.29, 1.82) is 0 Å². The number of hydrogen-bond donors (Lipinski definition) is 1. The molecule has 3 nitrogen and oxygen atoms in total. The monoisotopic (exact) mass is 359 g/mol. The fourth-order valence-electron chi connectivity index (χ4n) is 1.72. The highest BCUT2D eigenvalue weighted by Gasteiger charge is 2.14. The number of rotatable bonds is 3. The Labute approximate surface area is 125 Å². The van der Waals surface area contributed by atoms with Crippen molar-refractivity contribution in [3.63, 3.8) is 0 Å². The molecule has 0 aliphatic heterocycles. The zero-order chi connectivity index (χ0) is 14.2. The zero-order valence-corrected chi connectivity index (χ0v) is 13.8. The Balaban J connectivity index is 2.32. The minimum absolute atomic E-state index is 0.233. The lowest BCUT2D eigenvalue weighted by Gasteiger charge is -2.10. The number of nitrogens with two attached hydrogens (primary N) is 1. The van der Waals surface area contributed by atoms with Crippen LogP contribution in [0.2, 0.25) is 0 Å². The molecule has 0 bridgehead atoms. The third-order valence-electron chi connectivity index (χ3n) is 2.85. The molecule has 2 aromatic rings. The van der Waals surface area contributed by atoms with Crippen LogP contribution in [-0.2, 0) is 9.84 Å². The minimum Gasteiger partial charge on any atom is -0.320 e. The second-order valence-electron chi connectivity index (χ2n) is 4.37. The summed E-state index contributed by atoms with van der Waals surface area (Å²) in [7, 11) is -3.16. The first-order chi connectivity index (χ1) is 8.79. The zero-order valence-electron chi connectivity index (χ0n) is 10.6. The summed E-state index contributed by atoms with van der Waals surface area (Å²) in [6.45, 7) is 2.03. The van der Waals surface area contributed by atoms with Crippen LogP contribution in [-0.4, -0.2) is 14.7 Å². The molecule has 0 radical (unpaired) electrons. The average molecular weight is 360 g/mol. The van der Waals surface area contributed by atoms with Crippen LogP contribution >= 0.6 is 27.3 Å². The Hall–Kier alpha value is -0.690. The topological polar surface area (TPSA) is 60.2 Å².